The van der Waals surface area contributed by atoms with E-state index in [1.807, 2.05) is 0 Å². The van der Waals surface area contributed by atoms with Gasteiger partial charge >= 0.3 is 0 Å². The Morgan fingerprint density at radius 2 is 2.11 bits per heavy atom. The zero-order chi connectivity index (χ0) is 13.1. The van der Waals surface area contributed by atoms with Crippen LogP contribution < -0.4 is 10.5 Å². The Bertz CT molecular complexity index is 587. The van der Waals surface area contributed by atoms with E-state index in [-0.39, 0.29) is 5.82 Å². The smallest absolute Gasteiger partial charge is 0.250 e. The number of nitrogens with two attached hydrogens (primary N) is 1. The molecule has 6 heteroatoms. The molecule has 0 fully saturated rings. The number of carbonyl (C=O) groups excluding carboxylic acids is 1. The topological polar surface area (TPSA) is 65.2 Å². The van der Waals surface area contributed by atoms with Crippen molar-refractivity contribution in [3.05, 3.63) is 52.4 Å². The van der Waals surface area contributed by atoms with E-state index in [4.69, 9.17) is 10.5 Å². The average molecular weight is 311 g/mol. The zero-order valence-electron chi connectivity index (χ0n) is 9.06. The van der Waals surface area contributed by atoms with E-state index in [0.717, 1.165) is 0 Å². The standard InChI is InChI=1S/C12H8BrFN2O2/c13-9-5-8(2-3-10(9)14)18-11-4-1-7(6-16-11)12(15)17/h1-6H,(H2,15,17). The van der Waals surface area contributed by atoms with Crippen molar-refractivity contribution >= 4 is 21.8 Å². The van der Waals surface area contributed by atoms with Gasteiger partial charge in [-0.05, 0) is 40.2 Å². The van der Waals surface area contributed by atoms with E-state index in [1.54, 1.807) is 0 Å². The molecule has 1 heterocycles. The van der Waals surface area contributed by atoms with Gasteiger partial charge in [-0.15, -0.1) is 0 Å². The predicted molar refractivity (Wildman–Crippen MR) is 66.9 cm³/mol. The number of rotatable bonds is 3. The van der Waals surface area contributed by atoms with E-state index in [2.05, 4.69) is 20.9 Å². The number of pyridine rings is 1. The lowest BCUT2D eigenvalue weighted by Crippen LogP contribution is -2.10. The van der Waals surface area contributed by atoms with Crippen LogP contribution in [0.4, 0.5) is 4.39 Å². The maximum Gasteiger partial charge on any atom is 0.250 e. The maximum atomic E-state index is 13.0. The van der Waals surface area contributed by atoms with Crippen LogP contribution >= 0.6 is 15.9 Å². The van der Waals surface area contributed by atoms with E-state index in [9.17, 15) is 9.18 Å². The summed E-state index contributed by atoms with van der Waals surface area (Å²) in [6.45, 7) is 0. The second-order valence-electron chi connectivity index (χ2n) is 3.43. The Balaban J connectivity index is 2.18. The molecule has 92 valence electrons. The molecular formula is C12H8BrFN2O2. The third-order valence-corrected chi connectivity index (χ3v) is 2.74. The van der Waals surface area contributed by atoms with Crippen LogP contribution in [0.1, 0.15) is 10.4 Å². The number of hydrogen-bond donors (Lipinski definition) is 1. The van der Waals surface area contributed by atoms with Crippen LogP contribution in [0, 0.1) is 5.82 Å². The molecule has 2 rings (SSSR count). The first-order valence-electron chi connectivity index (χ1n) is 4.95. The molecule has 0 unspecified atom stereocenters. The number of halogens is 2. The van der Waals surface area contributed by atoms with Gasteiger partial charge in [0.2, 0.25) is 11.8 Å². The Hall–Kier alpha value is -1.95. The van der Waals surface area contributed by atoms with Gasteiger partial charge in [0, 0.05) is 12.3 Å². The van der Waals surface area contributed by atoms with Crippen molar-refractivity contribution in [2.24, 2.45) is 5.73 Å². The van der Waals surface area contributed by atoms with E-state index in [0.29, 0.717) is 21.7 Å². The van der Waals surface area contributed by atoms with Gasteiger partial charge in [-0.2, -0.15) is 0 Å². The van der Waals surface area contributed by atoms with Crippen LogP contribution in [-0.4, -0.2) is 10.9 Å². The SMILES string of the molecule is NC(=O)c1ccc(Oc2ccc(F)c(Br)c2)nc1. The lowest BCUT2D eigenvalue weighted by atomic mass is 10.3. The highest BCUT2D eigenvalue weighted by molar-refractivity contribution is 9.10. The molecule has 0 aliphatic carbocycles. The fraction of sp³-hybridized carbons (Fsp3) is 0. The van der Waals surface area contributed by atoms with Crippen molar-refractivity contribution < 1.29 is 13.9 Å². The molecule has 0 aliphatic rings. The van der Waals surface area contributed by atoms with Gasteiger partial charge in [0.05, 0.1) is 10.0 Å². The van der Waals surface area contributed by atoms with Gasteiger partial charge in [-0.25, -0.2) is 9.37 Å². The van der Waals surface area contributed by atoms with Gasteiger partial charge in [-0.1, -0.05) is 0 Å². The van der Waals surface area contributed by atoms with Crippen LogP contribution in [0.2, 0.25) is 0 Å². The van der Waals surface area contributed by atoms with Crippen LogP contribution in [-0.2, 0) is 0 Å². The van der Waals surface area contributed by atoms with E-state index < -0.39 is 5.91 Å². The van der Waals surface area contributed by atoms with Crippen LogP contribution in [0.25, 0.3) is 0 Å². The second-order valence-corrected chi connectivity index (χ2v) is 4.28. The maximum absolute atomic E-state index is 13.0. The normalized spacial score (nSPS) is 10.1. The molecule has 18 heavy (non-hydrogen) atoms. The van der Waals surface area contributed by atoms with Gasteiger partial charge < -0.3 is 10.5 Å². The van der Waals surface area contributed by atoms with E-state index >= 15 is 0 Å². The van der Waals surface area contributed by atoms with Gasteiger partial charge in [-0.3, -0.25) is 4.79 Å². The molecule has 1 amide bonds. The highest BCUT2D eigenvalue weighted by Gasteiger charge is 2.05. The third-order valence-electron chi connectivity index (χ3n) is 2.13. The summed E-state index contributed by atoms with van der Waals surface area (Å²) >= 11 is 3.05. The van der Waals surface area contributed by atoms with Crippen molar-refractivity contribution in [1.82, 2.24) is 4.98 Å². The molecule has 0 saturated heterocycles. The first-order chi connectivity index (χ1) is 8.56. The fourth-order valence-corrected chi connectivity index (χ4v) is 1.61. The molecule has 0 spiro atoms. The number of ether oxygens (including phenoxy) is 1. The number of amides is 1. The monoisotopic (exact) mass is 310 g/mol. The molecule has 4 nitrogen and oxygen atoms in total. The molecule has 0 saturated carbocycles. The molecule has 0 bridgehead atoms. The van der Waals surface area contributed by atoms with Crippen LogP contribution in [0.5, 0.6) is 11.6 Å². The summed E-state index contributed by atoms with van der Waals surface area (Å²) in [5, 5.41) is 0. The van der Waals surface area contributed by atoms with Gasteiger partial charge in [0.25, 0.3) is 0 Å². The highest BCUT2D eigenvalue weighted by Crippen LogP contribution is 2.25. The Morgan fingerprint density at radius 3 is 2.67 bits per heavy atom. The minimum absolute atomic E-state index is 0.290. The van der Waals surface area contributed by atoms with Crippen molar-refractivity contribution in [2.75, 3.05) is 0 Å². The quantitative estimate of drug-likeness (QED) is 0.948. The summed E-state index contributed by atoms with van der Waals surface area (Å²) in [5.74, 6) is -0.209. The molecule has 1 aromatic heterocycles. The lowest BCUT2D eigenvalue weighted by Gasteiger charge is -2.05. The molecule has 2 aromatic rings. The number of primary amides is 1. The molecule has 2 N–H and O–H groups in total. The number of hydrogen-bond acceptors (Lipinski definition) is 3. The number of benzene rings is 1. The summed E-state index contributed by atoms with van der Waals surface area (Å²) in [7, 11) is 0. The molecule has 0 atom stereocenters. The largest absolute Gasteiger partial charge is 0.439 e. The van der Waals surface area contributed by atoms with Crippen LogP contribution in [0.3, 0.4) is 0 Å². The first kappa shape index (κ1) is 12.5. The van der Waals surface area contributed by atoms with E-state index in [1.165, 1.54) is 36.5 Å². The van der Waals surface area contributed by atoms with Gasteiger partial charge in [0.1, 0.15) is 11.6 Å². The number of nitrogens with zero attached hydrogens (tertiary/aromatic N) is 1. The predicted octanol–water partition coefficient (Wildman–Crippen LogP) is 2.87. The minimum Gasteiger partial charge on any atom is -0.439 e. The molecule has 1 aromatic carbocycles. The van der Waals surface area contributed by atoms with Crippen molar-refractivity contribution in [3.8, 4) is 11.6 Å². The molecule has 0 radical (unpaired) electrons. The summed E-state index contributed by atoms with van der Waals surface area (Å²) in [4.78, 5) is 14.8. The summed E-state index contributed by atoms with van der Waals surface area (Å²) in [6, 6.07) is 7.25. The highest BCUT2D eigenvalue weighted by atomic mass is 79.9. The lowest BCUT2D eigenvalue weighted by molar-refractivity contribution is 0.1000. The zero-order valence-corrected chi connectivity index (χ0v) is 10.6. The molecular weight excluding hydrogens is 303 g/mol. The average Bonchev–Trinajstić information content (AvgIpc) is 2.34. The van der Waals surface area contributed by atoms with Gasteiger partial charge in [0.15, 0.2) is 0 Å². The van der Waals surface area contributed by atoms with Crippen molar-refractivity contribution in [3.63, 3.8) is 0 Å². The summed E-state index contributed by atoms with van der Waals surface area (Å²) in [6.07, 6.45) is 1.32. The number of aromatic nitrogens is 1. The minimum atomic E-state index is -0.557. The Labute approximate surface area is 111 Å². The number of carbonyl (C=O) groups is 1. The summed E-state index contributed by atoms with van der Waals surface area (Å²) < 4.78 is 18.7. The van der Waals surface area contributed by atoms with Crippen LogP contribution in [0.15, 0.2) is 41.0 Å². The summed E-state index contributed by atoms with van der Waals surface area (Å²) in [5.41, 5.74) is 5.38. The first-order valence-corrected chi connectivity index (χ1v) is 5.74. The Kier molecular flexibility index (Phi) is 3.57. The Morgan fingerprint density at radius 1 is 1.33 bits per heavy atom. The van der Waals surface area contributed by atoms with Crippen molar-refractivity contribution in [1.29, 1.82) is 0 Å². The fourth-order valence-electron chi connectivity index (χ4n) is 1.25. The second kappa shape index (κ2) is 5.14. The molecule has 0 aliphatic heterocycles. The van der Waals surface area contributed by atoms with Crippen molar-refractivity contribution in [2.45, 2.75) is 0 Å². The third kappa shape index (κ3) is 2.84.